The summed E-state index contributed by atoms with van der Waals surface area (Å²) in [6, 6.07) is 6.21. The van der Waals surface area contributed by atoms with Gasteiger partial charge in [0.1, 0.15) is 5.82 Å². The highest BCUT2D eigenvalue weighted by molar-refractivity contribution is 5.80. The van der Waals surface area contributed by atoms with Crippen molar-refractivity contribution in [3.63, 3.8) is 0 Å². The predicted molar refractivity (Wildman–Crippen MR) is 71.6 cm³/mol. The molecule has 1 amide bonds. The number of hydrogen-bond acceptors (Lipinski definition) is 2. The Morgan fingerprint density at radius 3 is 2.85 bits per heavy atom. The SMILES string of the molecule is CC(Cc1cccc(F)c1)C(=O)N1CCC(C(=O)O)C1. The van der Waals surface area contributed by atoms with E-state index in [0.717, 1.165) is 5.56 Å². The van der Waals surface area contributed by atoms with Gasteiger partial charge in [-0.2, -0.15) is 0 Å². The third-order valence-corrected chi connectivity index (χ3v) is 3.70. The Hall–Kier alpha value is -1.91. The fourth-order valence-electron chi connectivity index (χ4n) is 2.58. The summed E-state index contributed by atoms with van der Waals surface area (Å²) in [5, 5.41) is 8.94. The van der Waals surface area contributed by atoms with Crippen LogP contribution in [0.4, 0.5) is 4.39 Å². The second-order valence-electron chi connectivity index (χ2n) is 5.34. The lowest BCUT2D eigenvalue weighted by atomic mass is 10.00. The van der Waals surface area contributed by atoms with Crippen LogP contribution in [0.3, 0.4) is 0 Å². The summed E-state index contributed by atoms with van der Waals surface area (Å²) in [5.41, 5.74) is 0.778. The van der Waals surface area contributed by atoms with Crippen molar-refractivity contribution in [2.45, 2.75) is 19.8 Å². The number of carbonyl (C=O) groups excluding carboxylic acids is 1. The van der Waals surface area contributed by atoms with Gasteiger partial charge in [-0.25, -0.2) is 4.39 Å². The summed E-state index contributed by atoms with van der Waals surface area (Å²) in [6.07, 6.45) is 0.971. The van der Waals surface area contributed by atoms with E-state index < -0.39 is 11.9 Å². The number of rotatable bonds is 4. The number of amides is 1. The maximum Gasteiger partial charge on any atom is 0.308 e. The lowest BCUT2D eigenvalue weighted by molar-refractivity contribution is -0.141. The van der Waals surface area contributed by atoms with E-state index in [9.17, 15) is 14.0 Å². The highest BCUT2D eigenvalue weighted by Crippen LogP contribution is 2.20. The quantitative estimate of drug-likeness (QED) is 0.916. The van der Waals surface area contributed by atoms with Gasteiger partial charge in [0.2, 0.25) is 5.91 Å². The van der Waals surface area contributed by atoms with Crippen LogP contribution in [-0.4, -0.2) is 35.0 Å². The molecule has 2 atom stereocenters. The normalized spacial score (nSPS) is 19.9. The molecule has 0 spiro atoms. The van der Waals surface area contributed by atoms with Crippen LogP contribution in [0.2, 0.25) is 0 Å². The molecule has 20 heavy (non-hydrogen) atoms. The number of aliphatic carboxylic acids is 1. The Kier molecular flexibility index (Phi) is 4.37. The van der Waals surface area contributed by atoms with Crippen LogP contribution in [0.5, 0.6) is 0 Å². The summed E-state index contributed by atoms with van der Waals surface area (Å²) in [7, 11) is 0. The maximum absolute atomic E-state index is 13.1. The van der Waals surface area contributed by atoms with Crippen molar-refractivity contribution in [1.29, 1.82) is 0 Å². The molecule has 2 rings (SSSR count). The zero-order valence-corrected chi connectivity index (χ0v) is 11.4. The Balaban J connectivity index is 1.94. The van der Waals surface area contributed by atoms with E-state index in [1.807, 2.05) is 0 Å². The van der Waals surface area contributed by atoms with E-state index in [1.54, 1.807) is 24.0 Å². The van der Waals surface area contributed by atoms with E-state index in [4.69, 9.17) is 5.11 Å². The van der Waals surface area contributed by atoms with Crippen LogP contribution in [0.15, 0.2) is 24.3 Å². The number of carboxylic acids is 1. The number of hydrogen-bond donors (Lipinski definition) is 1. The molecule has 0 radical (unpaired) electrons. The molecule has 0 aromatic heterocycles. The molecule has 1 N–H and O–H groups in total. The minimum Gasteiger partial charge on any atom is -0.481 e. The van der Waals surface area contributed by atoms with Crippen molar-refractivity contribution in [2.75, 3.05) is 13.1 Å². The van der Waals surface area contributed by atoms with Crippen molar-refractivity contribution in [1.82, 2.24) is 4.90 Å². The van der Waals surface area contributed by atoms with Gasteiger partial charge in [-0.15, -0.1) is 0 Å². The van der Waals surface area contributed by atoms with Crippen molar-refractivity contribution in [3.8, 4) is 0 Å². The first kappa shape index (κ1) is 14.5. The summed E-state index contributed by atoms with van der Waals surface area (Å²) < 4.78 is 13.1. The molecule has 5 heteroatoms. The summed E-state index contributed by atoms with van der Waals surface area (Å²) in [4.78, 5) is 24.7. The molecule has 1 aromatic rings. The smallest absolute Gasteiger partial charge is 0.308 e. The molecule has 1 fully saturated rings. The van der Waals surface area contributed by atoms with Gasteiger partial charge in [0.15, 0.2) is 0 Å². The van der Waals surface area contributed by atoms with Gasteiger partial charge in [0, 0.05) is 19.0 Å². The Morgan fingerprint density at radius 2 is 2.25 bits per heavy atom. The molecular formula is C15H18FNO3. The van der Waals surface area contributed by atoms with Crippen molar-refractivity contribution in [2.24, 2.45) is 11.8 Å². The van der Waals surface area contributed by atoms with Crippen LogP contribution in [-0.2, 0) is 16.0 Å². The largest absolute Gasteiger partial charge is 0.481 e. The number of nitrogens with zero attached hydrogens (tertiary/aromatic N) is 1. The predicted octanol–water partition coefficient (Wildman–Crippen LogP) is 1.94. The van der Waals surface area contributed by atoms with E-state index in [0.29, 0.717) is 19.4 Å². The summed E-state index contributed by atoms with van der Waals surface area (Å²) >= 11 is 0. The number of benzene rings is 1. The van der Waals surface area contributed by atoms with Gasteiger partial charge >= 0.3 is 5.97 Å². The van der Waals surface area contributed by atoms with Crippen molar-refractivity contribution < 1.29 is 19.1 Å². The first-order chi connectivity index (χ1) is 9.47. The fourth-order valence-corrected chi connectivity index (χ4v) is 2.58. The van der Waals surface area contributed by atoms with Crippen LogP contribution in [0, 0.1) is 17.7 Å². The third-order valence-electron chi connectivity index (χ3n) is 3.70. The molecule has 1 aliphatic heterocycles. The van der Waals surface area contributed by atoms with Crippen LogP contribution >= 0.6 is 0 Å². The molecule has 1 heterocycles. The molecule has 0 saturated carbocycles. The number of halogens is 1. The molecule has 4 nitrogen and oxygen atoms in total. The van der Waals surface area contributed by atoms with Gasteiger partial charge in [-0.1, -0.05) is 19.1 Å². The summed E-state index contributed by atoms with van der Waals surface area (Å²) in [6.45, 7) is 2.56. The Bertz CT molecular complexity index is 518. The van der Waals surface area contributed by atoms with E-state index in [1.165, 1.54) is 12.1 Å². The zero-order valence-electron chi connectivity index (χ0n) is 11.4. The lowest BCUT2D eigenvalue weighted by Crippen LogP contribution is -2.34. The maximum atomic E-state index is 13.1. The lowest BCUT2D eigenvalue weighted by Gasteiger charge is -2.20. The molecule has 1 aromatic carbocycles. The average molecular weight is 279 g/mol. The molecule has 2 unspecified atom stereocenters. The van der Waals surface area contributed by atoms with Crippen molar-refractivity contribution >= 4 is 11.9 Å². The van der Waals surface area contributed by atoms with E-state index in [2.05, 4.69) is 0 Å². The zero-order chi connectivity index (χ0) is 14.7. The number of carboxylic acid groups (broad SMARTS) is 1. The standard InChI is InChI=1S/C15H18FNO3/c1-10(7-11-3-2-4-13(16)8-11)14(18)17-6-5-12(9-17)15(19)20/h2-4,8,10,12H,5-7,9H2,1H3,(H,19,20). The van der Waals surface area contributed by atoms with Gasteiger partial charge in [0.05, 0.1) is 5.92 Å². The van der Waals surface area contributed by atoms with Crippen LogP contribution in [0.25, 0.3) is 0 Å². The van der Waals surface area contributed by atoms with Crippen LogP contribution in [0.1, 0.15) is 18.9 Å². The minimum atomic E-state index is -0.849. The highest BCUT2D eigenvalue weighted by atomic mass is 19.1. The molecule has 108 valence electrons. The molecule has 1 saturated heterocycles. The minimum absolute atomic E-state index is 0.0574. The van der Waals surface area contributed by atoms with Crippen molar-refractivity contribution in [3.05, 3.63) is 35.6 Å². The summed E-state index contributed by atoms with van der Waals surface area (Å²) in [5.74, 6) is -1.95. The van der Waals surface area contributed by atoms with Gasteiger partial charge in [-0.3, -0.25) is 9.59 Å². The molecule has 0 bridgehead atoms. The molecular weight excluding hydrogens is 261 g/mol. The highest BCUT2D eigenvalue weighted by Gasteiger charge is 2.32. The second kappa shape index (κ2) is 6.03. The Morgan fingerprint density at radius 1 is 1.50 bits per heavy atom. The molecule has 1 aliphatic rings. The second-order valence-corrected chi connectivity index (χ2v) is 5.34. The van der Waals surface area contributed by atoms with Gasteiger partial charge < -0.3 is 10.0 Å². The van der Waals surface area contributed by atoms with Gasteiger partial charge in [-0.05, 0) is 30.5 Å². The number of likely N-dealkylation sites (tertiary alicyclic amines) is 1. The fraction of sp³-hybridized carbons (Fsp3) is 0.467. The average Bonchev–Trinajstić information content (AvgIpc) is 2.87. The third kappa shape index (κ3) is 3.35. The van der Waals surface area contributed by atoms with E-state index in [-0.39, 0.29) is 24.2 Å². The monoisotopic (exact) mass is 279 g/mol. The Labute approximate surface area is 117 Å². The van der Waals surface area contributed by atoms with Gasteiger partial charge in [0.25, 0.3) is 0 Å². The topological polar surface area (TPSA) is 57.6 Å². The first-order valence-corrected chi connectivity index (χ1v) is 6.73. The van der Waals surface area contributed by atoms with Crippen LogP contribution < -0.4 is 0 Å². The van der Waals surface area contributed by atoms with E-state index >= 15 is 0 Å². The first-order valence-electron chi connectivity index (χ1n) is 6.73. The molecule has 0 aliphatic carbocycles. The number of carbonyl (C=O) groups is 2.